The zero-order chi connectivity index (χ0) is 26.5. The van der Waals surface area contributed by atoms with Gasteiger partial charge in [-0.2, -0.15) is 12.7 Å². The second-order valence-corrected chi connectivity index (χ2v) is 12.7. The van der Waals surface area contributed by atoms with E-state index < -0.39 is 26.5 Å². The van der Waals surface area contributed by atoms with Crippen molar-refractivity contribution in [2.75, 3.05) is 23.1 Å². The third-order valence-corrected chi connectivity index (χ3v) is 9.21. The number of aromatic hydroxyl groups is 1. The Bertz CT molecular complexity index is 1580. The molecule has 5 N–H and O–H groups in total. The van der Waals surface area contributed by atoms with Crippen molar-refractivity contribution in [2.45, 2.75) is 38.1 Å². The van der Waals surface area contributed by atoms with Crippen molar-refractivity contribution in [2.24, 2.45) is 10.3 Å². The largest absolute Gasteiger partial charge is 0.506 e. The number of nitrogens with one attached hydrogen (secondary N) is 2. The number of pyridine rings is 2. The summed E-state index contributed by atoms with van der Waals surface area (Å²) in [5.74, 6) is -0.273. The SMILES string of the molecule is CC(C)CCn1c(=O)c(C2=NS(O)(O)c3cc(NS(=O)(=O)N4CCC4)ccc3N2)c(O)c2cccnc21. The number of nitrogens with zero attached hydrogens (tertiary/aromatic N) is 4. The monoisotopic (exact) mass is 548 g/mol. The molecular formula is C23H28N6O6S2. The second-order valence-electron chi connectivity index (χ2n) is 9.39. The van der Waals surface area contributed by atoms with Crippen LogP contribution in [0.3, 0.4) is 0 Å². The Kier molecular flexibility index (Phi) is 6.40. The van der Waals surface area contributed by atoms with Crippen molar-refractivity contribution in [1.29, 1.82) is 0 Å². The maximum Gasteiger partial charge on any atom is 0.301 e. The van der Waals surface area contributed by atoms with Crippen molar-refractivity contribution >= 4 is 49.2 Å². The molecule has 37 heavy (non-hydrogen) atoms. The second kappa shape index (κ2) is 9.29. The van der Waals surface area contributed by atoms with Crippen LogP contribution in [0.1, 0.15) is 32.3 Å². The van der Waals surface area contributed by atoms with Gasteiger partial charge in [0.25, 0.3) is 5.56 Å². The zero-order valence-corrected chi connectivity index (χ0v) is 21.9. The van der Waals surface area contributed by atoms with Crippen LogP contribution in [0.15, 0.2) is 50.6 Å². The molecule has 0 radical (unpaired) electrons. The van der Waals surface area contributed by atoms with Crippen molar-refractivity contribution in [3.63, 3.8) is 0 Å². The Morgan fingerprint density at radius 1 is 1.22 bits per heavy atom. The molecule has 2 aliphatic rings. The summed E-state index contributed by atoms with van der Waals surface area (Å²) in [7, 11) is -7.61. The minimum absolute atomic E-state index is 0.0397. The van der Waals surface area contributed by atoms with Crippen LogP contribution >= 0.6 is 10.8 Å². The molecule has 0 saturated carbocycles. The molecular weight excluding hydrogens is 520 g/mol. The number of aryl methyl sites for hydroxylation is 1. The molecule has 0 bridgehead atoms. The first-order valence-corrected chi connectivity index (χ1v) is 14.7. The van der Waals surface area contributed by atoms with Gasteiger partial charge in [0.05, 0.1) is 16.8 Å². The number of rotatable bonds is 7. The lowest BCUT2D eigenvalue weighted by molar-refractivity contribution is 0.311. The molecule has 0 aliphatic carbocycles. The Morgan fingerprint density at radius 2 is 1.97 bits per heavy atom. The Labute approximate surface area is 215 Å². The van der Waals surface area contributed by atoms with E-state index in [-0.39, 0.29) is 33.4 Å². The number of hydrogen-bond donors (Lipinski definition) is 5. The topological polar surface area (TPSA) is 169 Å². The van der Waals surface area contributed by atoms with Gasteiger partial charge in [-0.15, -0.1) is 4.40 Å². The summed E-state index contributed by atoms with van der Waals surface area (Å²) < 4.78 is 55.9. The van der Waals surface area contributed by atoms with Gasteiger partial charge >= 0.3 is 10.2 Å². The van der Waals surface area contributed by atoms with Gasteiger partial charge in [0.2, 0.25) is 0 Å². The van der Waals surface area contributed by atoms with Crippen LogP contribution < -0.4 is 15.6 Å². The molecule has 0 unspecified atom stereocenters. The van der Waals surface area contributed by atoms with Gasteiger partial charge in [-0.25, -0.2) is 4.98 Å². The van der Waals surface area contributed by atoms with Crippen LogP contribution in [-0.2, 0) is 16.8 Å². The minimum atomic E-state index is -3.85. The Hall–Kier alpha value is -3.17. The highest BCUT2D eigenvalue weighted by Crippen LogP contribution is 2.56. The van der Waals surface area contributed by atoms with E-state index in [0.29, 0.717) is 43.0 Å². The molecule has 0 amide bonds. The van der Waals surface area contributed by atoms with Crippen molar-refractivity contribution < 1.29 is 22.6 Å². The summed E-state index contributed by atoms with van der Waals surface area (Å²) in [6.45, 7) is 5.24. The fourth-order valence-electron chi connectivity index (χ4n) is 4.16. The fourth-order valence-corrected chi connectivity index (χ4v) is 6.65. The molecule has 1 aromatic carbocycles. The van der Waals surface area contributed by atoms with E-state index in [0.717, 1.165) is 6.42 Å². The lowest BCUT2D eigenvalue weighted by atomic mass is 10.1. The average molecular weight is 549 g/mol. The summed E-state index contributed by atoms with van der Waals surface area (Å²) in [4.78, 5) is 17.8. The molecule has 2 aromatic heterocycles. The highest BCUT2D eigenvalue weighted by atomic mass is 32.3. The first-order chi connectivity index (χ1) is 17.5. The van der Waals surface area contributed by atoms with E-state index in [1.54, 1.807) is 12.1 Å². The van der Waals surface area contributed by atoms with Crippen LogP contribution in [0.5, 0.6) is 5.75 Å². The van der Waals surface area contributed by atoms with Crippen molar-refractivity contribution in [1.82, 2.24) is 13.9 Å². The smallest absolute Gasteiger partial charge is 0.301 e. The standard InChI is InChI=1S/C23H28N6O6S2/c1-14(2)8-12-29-22-16(5-3-9-24-22)20(30)19(23(29)31)21-25-17-7-6-15(13-18(17)36(32,33)27-21)26-37(34,35)28-10-4-11-28/h3,5-7,9,13-14,26,30,32-33H,4,8,10-12H2,1-2H3,(H,25,27). The summed E-state index contributed by atoms with van der Waals surface area (Å²) in [5, 5.41) is 14.3. The minimum Gasteiger partial charge on any atom is -0.506 e. The van der Waals surface area contributed by atoms with Gasteiger partial charge in [0.1, 0.15) is 21.9 Å². The third-order valence-electron chi connectivity index (χ3n) is 6.31. The lowest BCUT2D eigenvalue weighted by Crippen LogP contribution is -2.45. The highest BCUT2D eigenvalue weighted by molar-refractivity contribution is 8.23. The lowest BCUT2D eigenvalue weighted by Gasteiger charge is -2.35. The summed E-state index contributed by atoms with van der Waals surface area (Å²) >= 11 is 0. The van der Waals surface area contributed by atoms with Gasteiger partial charge in [0.15, 0.2) is 5.84 Å². The molecule has 0 spiro atoms. The molecule has 198 valence electrons. The molecule has 4 heterocycles. The van der Waals surface area contributed by atoms with Crippen LogP contribution in [0.4, 0.5) is 11.4 Å². The quantitative estimate of drug-likeness (QED) is 0.299. The summed E-state index contributed by atoms with van der Waals surface area (Å²) in [6, 6.07) is 7.47. The molecule has 1 fully saturated rings. The number of amidine groups is 1. The molecule has 0 atom stereocenters. The van der Waals surface area contributed by atoms with E-state index >= 15 is 0 Å². The third kappa shape index (κ3) is 4.66. The molecule has 14 heteroatoms. The number of aromatic nitrogens is 2. The van der Waals surface area contributed by atoms with Gasteiger partial charge in [-0.1, -0.05) is 24.6 Å². The predicted octanol–water partition coefficient (Wildman–Crippen LogP) is 3.41. The summed E-state index contributed by atoms with van der Waals surface area (Å²) in [6.07, 6.45) is 3.00. The predicted molar refractivity (Wildman–Crippen MR) is 144 cm³/mol. The van der Waals surface area contributed by atoms with E-state index in [1.165, 1.54) is 33.3 Å². The number of hydrogen-bond acceptors (Lipinski definition) is 9. The fraction of sp³-hybridized carbons (Fsp3) is 0.348. The van der Waals surface area contributed by atoms with E-state index in [1.807, 2.05) is 13.8 Å². The highest BCUT2D eigenvalue weighted by Gasteiger charge is 2.32. The molecule has 5 rings (SSSR count). The number of anilines is 2. The van der Waals surface area contributed by atoms with Crippen molar-refractivity contribution in [3.05, 3.63) is 52.4 Å². The zero-order valence-electron chi connectivity index (χ0n) is 20.2. The van der Waals surface area contributed by atoms with Crippen molar-refractivity contribution in [3.8, 4) is 5.75 Å². The van der Waals surface area contributed by atoms with Crippen LogP contribution in [0, 0.1) is 5.92 Å². The Morgan fingerprint density at radius 3 is 2.65 bits per heavy atom. The summed E-state index contributed by atoms with van der Waals surface area (Å²) in [5.41, 5.74) is -0.111. The van der Waals surface area contributed by atoms with Crippen LogP contribution in [0.25, 0.3) is 11.0 Å². The van der Waals surface area contributed by atoms with Gasteiger partial charge in [0, 0.05) is 25.8 Å². The van der Waals surface area contributed by atoms with Gasteiger partial charge < -0.3 is 10.4 Å². The van der Waals surface area contributed by atoms with Crippen LogP contribution in [-0.4, -0.2) is 55.4 Å². The van der Waals surface area contributed by atoms with Crippen LogP contribution in [0.2, 0.25) is 0 Å². The van der Waals surface area contributed by atoms with Gasteiger partial charge in [-0.05, 0) is 49.1 Å². The molecule has 1 saturated heterocycles. The molecule has 2 aliphatic heterocycles. The number of fused-ring (bicyclic) bond motifs is 2. The van der Waals surface area contributed by atoms with E-state index in [2.05, 4.69) is 19.4 Å². The Balaban J connectivity index is 1.57. The average Bonchev–Trinajstić information content (AvgIpc) is 2.77. The van der Waals surface area contributed by atoms with E-state index in [9.17, 15) is 27.4 Å². The maximum absolute atomic E-state index is 13.6. The maximum atomic E-state index is 13.6. The normalized spacial score (nSPS) is 18.0. The van der Waals surface area contributed by atoms with Gasteiger partial charge in [-0.3, -0.25) is 23.2 Å². The molecule has 3 aromatic rings. The molecule has 12 nitrogen and oxygen atoms in total. The van der Waals surface area contributed by atoms with E-state index in [4.69, 9.17) is 0 Å². The first kappa shape index (κ1) is 25.5. The first-order valence-electron chi connectivity index (χ1n) is 11.8. The number of benzene rings is 1.